The molecule has 2 N–H and O–H groups in total. The second kappa shape index (κ2) is 9.21. The summed E-state index contributed by atoms with van der Waals surface area (Å²) in [6, 6.07) is 16.0. The van der Waals surface area contributed by atoms with Crippen LogP contribution in [0.25, 0.3) is 11.4 Å². The quantitative estimate of drug-likeness (QED) is 0.307. The molecular weight excluding hydrogens is 539 g/mol. The van der Waals surface area contributed by atoms with Crippen molar-refractivity contribution in [3.8, 4) is 11.4 Å². The molecule has 0 saturated carbocycles. The van der Waals surface area contributed by atoms with Crippen molar-refractivity contribution in [1.82, 2.24) is 19.7 Å². The fourth-order valence-corrected chi connectivity index (χ4v) is 4.35. The standard InChI is InChI=1S/C24H17BrCl2N6O/c1-13-20(23(34)30-17-3-2-10-28-12-17)21(14-4-7-16(25)8-5-14)33-24(29-13)31-22(32-33)15-6-9-18(26)19(27)11-15/h2-12,21H,1H3,(H,30,34)(H,29,31,32). The van der Waals surface area contributed by atoms with E-state index >= 15 is 0 Å². The van der Waals surface area contributed by atoms with Crippen LogP contribution in [0.2, 0.25) is 10.0 Å². The molecule has 0 saturated heterocycles. The largest absolute Gasteiger partial charge is 0.328 e. The number of anilines is 2. The first kappa shape index (κ1) is 22.6. The third kappa shape index (κ3) is 4.32. The highest BCUT2D eigenvalue weighted by atomic mass is 79.9. The molecule has 2 aromatic heterocycles. The zero-order valence-electron chi connectivity index (χ0n) is 17.8. The van der Waals surface area contributed by atoms with E-state index in [1.165, 1.54) is 0 Å². The number of benzene rings is 2. The van der Waals surface area contributed by atoms with Crippen LogP contribution in [-0.4, -0.2) is 25.7 Å². The minimum atomic E-state index is -0.509. The Hall–Kier alpha value is -3.20. The van der Waals surface area contributed by atoms with E-state index in [1.807, 2.05) is 31.2 Å². The Labute approximate surface area is 214 Å². The first-order valence-corrected chi connectivity index (χ1v) is 11.8. The van der Waals surface area contributed by atoms with Crippen LogP contribution >= 0.6 is 39.1 Å². The normalized spacial score (nSPS) is 15.0. The van der Waals surface area contributed by atoms with E-state index in [0.29, 0.717) is 44.3 Å². The predicted molar refractivity (Wildman–Crippen MR) is 137 cm³/mol. The maximum absolute atomic E-state index is 13.5. The van der Waals surface area contributed by atoms with E-state index in [9.17, 15) is 4.79 Å². The topological polar surface area (TPSA) is 84.7 Å². The average molecular weight is 556 g/mol. The summed E-state index contributed by atoms with van der Waals surface area (Å²) in [6.07, 6.45) is 3.25. The van der Waals surface area contributed by atoms with Crippen molar-refractivity contribution in [2.75, 3.05) is 10.6 Å². The van der Waals surface area contributed by atoms with Gasteiger partial charge < -0.3 is 10.6 Å². The first-order valence-electron chi connectivity index (χ1n) is 10.3. The van der Waals surface area contributed by atoms with Crippen molar-refractivity contribution in [2.24, 2.45) is 0 Å². The van der Waals surface area contributed by atoms with Crippen molar-refractivity contribution in [3.63, 3.8) is 0 Å². The van der Waals surface area contributed by atoms with Gasteiger partial charge in [-0.2, -0.15) is 4.98 Å². The van der Waals surface area contributed by atoms with Gasteiger partial charge in [-0.1, -0.05) is 51.3 Å². The number of halogens is 3. The third-order valence-corrected chi connectivity index (χ3v) is 6.65. The van der Waals surface area contributed by atoms with E-state index in [0.717, 1.165) is 10.0 Å². The van der Waals surface area contributed by atoms with Crippen LogP contribution in [0.3, 0.4) is 0 Å². The SMILES string of the molecule is CC1=C(C(=O)Nc2cccnc2)C(c2ccc(Br)cc2)n2nc(-c3ccc(Cl)c(Cl)c3)nc2N1. The molecule has 1 unspecified atom stereocenters. The first-order chi connectivity index (χ1) is 16.4. The van der Waals surface area contributed by atoms with Crippen LogP contribution in [0.15, 0.2) is 82.7 Å². The lowest BCUT2D eigenvalue weighted by molar-refractivity contribution is -0.113. The van der Waals surface area contributed by atoms with Crippen LogP contribution in [0, 0.1) is 0 Å². The van der Waals surface area contributed by atoms with Gasteiger partial charge >= 0.3 is 0 Å². The molecular formula is C24H17BrCl2N6O. The number of allylic oxidation sites excluding steroid dienone is 1. The maximum atomic E-state index is 13.5. The molecule has 10 heteroatoms. The second-order valence-corrected chi connectivity index (χ2v) is 9.38. The summed E-state index contributed by atoms with van der Waals surface area (Å²) in [5.41, 5.74) is 3.39. The number of aromatic nitrogens is 4. The van der Waals surface area contributed by atoms with Gasteiger partial charge in [0.25, 0.3) is 5.91 Å². The number of hydrogen-bond donors (Lipinski definition) is 2. The van der Waals surface area contributed by atoms with Crippen molar-refractivity contribution in [2.45, 2.75) is 13.0 Å². The molecule has 2 aromatic carbocycles. The number of fused-ring (bicyclic) bond motifs is 1. The number of hydrogen-bond acceptors (Lipinski definition) is 5. The van der Waals surface area contributed by atoms with Gasteiger partial charge in [0, 0.05) is 21.9 Å². The van der Waals surface area contributed by atoms with E-state index in [2.05, 4.69) is 36.5 Å². The minimum absolute atomic E-state index is 0.261. The molecule has 34 heavy (non-hydrogen) atoms. The highest BCUT2D eigenvalue weighted by Gasteiger charge is 2.34. The van der Waals surface area contributed by atoms with Gasteiger partial charge in [0.05, 0.1) is 27.5 Å². The summed E-state index contributed by atoms with van der Waals surface area (Å²) in [5.74, 6) is 0.720. The van der Waals surface area contributed by atoms with Crippen LogP contribution in [0.5, 0.6) is 0 Å². The molecule has 0 bridgehead atoms. The zero-order valence-corrected chi connectivity index (χ0v) is 20.9. The molecule has 0 aliphatic carbocycles. The van der Waals surface area contributed by atoms with Gasteiger partial charge in [0.1, 0.15) is 6.04 Å². The monoisotopic (exact) mass is 554 g/mol. The number of nitrogens with one attached hydrogen (secondary N) is 2. The molecule has 170 valence electrons. The second-order valence-electron chi connectivity index (χ2n) is 7.65. The van der Waals surface area contributed by atoms with Gasteiger partial charge in [0.15, 0.2) is 5.82 Å². The van der Waals surface area contributed by atoms with E-state index < -0.39 is 6.04 Å². The lowest BCUT2D eigenvalue weighted by Gasteiger charge is -2.28. The molecule has 1 aliphatic rings. The summed E-state index contributed by atoms with van der Waals surface area (Å²) >= 11 is 15.8. The fourth-order valence-electron chi connectivity index (χ4n) is 3.79. The molecule has 0 radical (unpaired) electrons. The van der Waals surface area contributed by atoms with E-state index in [1.54, 1.807) is 47.4 Å². The van der Waals surface area contributed by atoms with E-state index in [4.69, 9.17) is 28.3 Å². The summed E-state index contributed by atoms with van der Waals surface area (Å²) < 4.78 is 2.65. The van der Waals surface area contributed by atoms with E-state index in [-0.39, 0.29) is 5.91 Å². The number of pyridine rings is 1. The van der Waals surface area contributed by atoms with Crippen LogP contribution in [0.4, 0.5) is 11.6 Å². The van der Waals surface area contributed by atoms with Crippen molar-refractivity contribution >= 4 is 56.7 Å². The molecule has 0 spiro atoms. The lowest BCUT2D eigenvalue weighted by Crippen LogP contribution is -2.31. The van der Waals surface area contributed by atoms with Crippen LogP contribution < -0.4 is 10.6 Å². The Morgan fingerprint density at radius 1 is 1.12 bits per heavy atom. The van der Waals surface area contributed by atoms with Crippen molar-refractivity contribution in [1.29, 1.82) is 0 Å². The van der Waals surface area contributed by atoms with Gasteiger partial charge in [-0.15, -0.1) is 5.10 Å². The third-order valence-electron chi connectivity index (χ3n) is 5.38. The van der Waals surface area contributed by atoms with Gasteiger partial charge in [0.2, 0.25) is 5.95 Å². The Morgan fingerprint density at radius 3 is 2.62 bits per heavy atom. The Kier molecular flexibility index (Phi) is 6.12. The molecule has 3 heterocycles. The maximum Gasteiger partial charge on any atom is 0.255 e. The minimum Gasteiger partial charge on any atom is -0.328 e. The molecule has 1 aliphatic heterocycles. The summed E-state index contributed by atoms with van der Waals surface area (Å²) in [6.45, 7) is 1.85. The predicted octanol–water partition coefficient (Wildman–Crippen LogP) is 6.34. The summed E-state index contributed by atoms with van der Waals surface area (Å²) in [7, 11) is 0. The summed E-state index contributed by atoms with van der Waals surface area (Å²) in [4.78, 5) is 22.2. The van der Waals surface area contributed by atoms with Gasteiger partial charge in [-0.3, -0.25) is 9.78 Å². The van der Waals surface area contributed by atoms with Crippen LogP contribution in [-0.2, 0) is 4.79 Å². The number of rotatable bonds is 4. The fraction of sp³-hybridized carbons (Fsp3) is 0.0833. The zero-order chi connectivity index (χ0) is 23.8. The smallest absolute Gasteiger partial charge is 0.255 e. The molecule has 1 atom stereocenters. The average Bonchev–Trinajstić information content (AvgIpc) is 3.24. The summed E-state index contributed by atoms with van der Waals surface area (Å²) in [5, 5.41) is 11.8. The number of amides is 1. The lowest BCUT2D eigenvalue weighted by atomic mass is 9.95. The highest BCUT2D eigenvalue weighted by molar-refractivity contribution is 9.10. The van der Waals surface area contributed by atoms with Gasteiger partial charge in [-0.25, -0.2) is 4.68 Å². The van der Waals surface area contributed by atoms with Crippen molar-refractivity contribution < 1.29 is 4.79 Å². The van der Waals surface area contributed by atoms with Crippen LogP contribution in [0.1, 0.15) is 18.5 Å². The Bertz CT molecular complexity index is 1420. The Morgan fingerprint density at radius 2 is 1.91 bits per heavy atom. The molecule has 5 rings (SSSR count). The molecule has 7 nitrogen and oxygen atoms in total. The molecule has 1 amide bonds. The number of carbonyl (C=O) groups excluding carboxylic acids is 1. The molecule has 0 fully saturated rings. The Balaban J connectivity index is 1.60. The molecule has 4 aromatic rings. The number of carbonyl (C=O) groups is 1. The van der Waals surface area contributed by atoms with Crippen molar-refractivity contribution in [3.05, 3.63) is 98.3 Å². The van der Waals surface area contributed by atoms with Gasteiger partial charge in [-0.05, 0) is 55.0 Å². The highest BCUT2D eigenvalue weighted by Crippen LogP contribution is 2.37. The number of nitrogens with zero attached hydrogens (tertiary/aromatic N) is 4.